The number of rotatable bonds is 1. The summed E-state index contributed by atoms with van der Waals surface area (Å²) in [5.41, 5.74) is 6.00. The number of benzene rings is 1. The zero-order valence-corrected chi connectivity index (χ0v) is 8.94. The predicted molar refractivity (Wildman–Crippen MR) is 58.1 cm³/mol. The number of hydrogen-bond donors (Lipinski definition) is 2. The molecule has 1 heterocycles. The molecule has 2 rings (SSSR count). The van der Waals surface area contributed by atoms with Crippen LogP contribution in [0.4, 0.5) is 10.3 Å². The Morgan fingerprint density at radius 1 is 1.47 bits per heavy atom. The van der Waals surface area contributed by atoms with Crippen LogP contribution in [0.15, 0.2) is 18.2 Å². The average molecular weight is 245 g/mol. The fourth-order valence-electron chi connectivity index (χ4n) is 1.23. The third kappa shape index (κ3) is 1.86. The molecule has 1 aromatic carbocycles. The molecule has 0 radical (unpaired) electrons. The summed E-state index contributed by atoms with van der Waals surface area (Å²) in [6, 6.07) is 4.02. The quantitative estimate of drug-likeness (QED) is 0.757. The van der Waals surface area contributed by atoms with Gasteiger partial charge in [-0.3, -0.25) is 4.57 Å². The first-order valence-corrected chi connectivity index (χ1v) is 4.76. The fourth-order valence-corrected chi connectivity index (χ4v) is 1.69. The van der Waals surface area contributed by atoms with E-state index >= 15 is 0 Å². The number of halogens is 2. The fraction of sp³-hybridized carbons (Fsp3) is 0. The van der Waals surface area contributed by atoms with Crippen molar-refractivity contribution in [3.05, 3.63) is 33.8 Å². The SMILES string of the molecule is Nc1n[nH]c(=S)n1-c1cc(F)cc(Cl)c1. The van der Waals surface area contributed by atoms with Crippen LogP contribution >= 0.6 is 23.8 Å². The largest absolute Gasteiger partial charge is 0.368 e. The van der Waals surface area contributed by atoms with Gasteiger partial charge in [-0.25, -0.2) is 9.49 Å². The van der Waals surface area contributed by atoms with E-state index in [1.807, 2.05) is 0 Å². The summed E-state index contributed by atoms with van der Waals surface area (Å²) in [7, 11) is 0. The number of nitrogens with one attached hydrogen (secondary N) is 1. The highest BCUT2D eigenvalue weighted by Crippen LogP contribution is 2.19. The third-order valence-electron chi connectivity index (χ3n) is 1.80. The maximum Gasteiger partial charge on any atom is 0.225 e. The molecule has 0 aliphatic heterocycles. The van der Waals surface area contributed by atoms with E-state index in [-0.39, 0.29) is 15.7 Å². The molecule has 4 nitrogen and oxygen atoms in total. The van der Waals surface area contributed by atoms with Crippen LogP contribution in [0.25, 0.3) is 5.69 Å². The molecule has 0 saturated carbocycles. The lowest BCUT2D eigenvalue weighted by molar-refractivity contribution is 0.626. The van der Waals surface area contributed by atoms with E-state index in [9.17, 15) is 4.39 Å². The lowest BCUT2D eigenvalue weighted by Crippen LogP contribution is -2.01. The zero-order chi connectivity index (χ0) is 11.0. The van der Waals surface area contributed by atoms with Crippen LogP contribution in [0.5, 0.6) is 0 Å². The predicted octanol–water partition coefficient (Wildman–Crippen LogP) is 2.30. The Bertz CT molecular complexity index is 542. The van der Waals surface area contributed by atoms with Gasteiger partial charge < -0.3 is 5.73 Å². The number of H-pyrrole nitrogens is 1. The first-order valence-electron chi connectivity index (χ1n) is 3.97. The molecule has 0 bridgehead atoms. The van der Waals surface area contributed by atoms with Gasteiger partial charge in [0.2, 0.25) is 10.7 Å². The molecular weight excluding hydrogens is 239 g/mol. The van der Waals surface area contributed by atoms with E-state index in [4.69, 9.17) is 29.6 Å². The molecule has 0 fully saturated rings. The molecule has 1 aromatic heterocycles. The van der Waals surface area contributed by atoms with Gasteiger partial charge in [-0.2, -0.15) is 0 Å². The molecule has 0 unspecified atom stereocenters. The Labute approximate surface area is 94.5 Å². The number of aromatic amines is 1. The van der Waals surface area contributed by atoms with Gasteiger partial charge in [0.15, 0.2) is 0 Å². The van der Waals surface area contributed by atoms with Gasteiger partial charge in [0.1, 0.15) is 5.82 Å². The van der Waals surface area contributed by atoms with Crippen LogP contribution in [0.3, 0.4) is 0 Å². The number of hydrogen-bond acceptors (Lipinski definition) is 3. The number of nitrogens with two attached hydrogens (primary N) is 1. The smallest absolute Gasteiger partial charge is 0.225 e. The summed E-state index contributed by atoms with van der Waals surface area (Å²) in [5.74, 6) is -0.304. The summed E-state index contributed by atoms with van der Waals surface area (Å²) in [5, 5.41) is 6.48. The molecule has 0 spiro atoms. The van der Waals surface area contributed by atoms with Gasteiger partial charge in [-0.05, 0) is 30.4 Å². The minimum absolute atomic E-state index is 0.154. The second-order valence-electron chi connectivity index (χ2n) is 2.85. The van der Waals surface area contributed by atoms with Crippen LogP contribution in [0.2, 0.25) is 5.02 Å². The summed E-state index contributed by atoms with van der Waals surface area (Å²) >= 11 is 10.7. The van der Waals surface area contributed by atoms with Crippen molar-refractivity contribution in [2.45, 2.75) is 0 Å². The van der Waals surface area contributed by atoms with E-state index in [1.165, 1.54) is 16.7 Å². The van der Waals surface area contributed by atoms with Crippen molar-refractivity contribution in [3.8, 4) is 5.69 Å². The highest BCUT2D eigenvalue weighted by molar-refractivity contribution is 7.71. The summed E-state index contributed by atoms with van der Waals surface area (Å²) in [6.45, 7) is 0. The number of anilines is 1. The van der Waals surface area contributed by atoms with Crippen molar-refractivity contribution >= 4 is 29.8 Å². The van der Waals surface area contributed by atoms with Crippen LogP contribution < -0.4 is 5.73 Å². The van der Waals surface area contributed by atoms with Gasteiger partial charge >= 0.3 is 0 Å². The number of nitrogen functional groups attached to an aromatic ring is 1. The van der Waals surface area contributed by atoms with Crippen molar-refractivity contribution in [3.63, 3.8) is 0 Å². The molecular formula is C8H6ClFN4S. The van der Waals surface area contributed by atoms with E-state index in [1.54, 1.807) is 6.07 Å². The Kier molecular flexibility index (Phi) is 2.45. The van der Waals surface area contributed by atoms with E-state index in [0.717, 1.165) is 0 Å². The first-order chi connectivity index (χ1) is 7.08. The van der Waals surface area contributed by atoms with Crippen LogP contribution in [-0.2, 0) is 0 Å². The molecule has 7 heteroatoms. The zero-order valence-electron chi connectivity index (χ0n) is 7.37. The number of aromatic nitrogens is 3. The monoisotopic (exact) mass is 244 g/mol. The lowest BCUT2D eigenvalue weighted by Gasteiger charge is -2.04. The van der Waals surface area contributed by atoms with Gasteiger partial charge in [-0.15, -0.1) is 5.10 Å². The molecule has 0 atom stereocenters. The average Bonchev–Trinajstić information content (AvgIpc) is 2.44. The topological polar surface area (TPSA) is 59.6 Å². The molecule has 3 N–H and O–H groups in total. The van der Waals surface area contributed by atoms with Crippen LogP contribution in [0.1, 0.15) is 0 Å². The van der Waals surface area contributed by atoms with E-state index in [2.05, 4.69) is 10.2 Å². The normalized spacial score (nSPS) is 10.5. The van der Waals surface area contributed by atoms with Gasteiger partial charge in [0, 0.05) is 5.02 Å². The molecule has 78 valence electrons. The Hall–Kier alpha value is -1.40. The first kappa shape index (κ1) is 10.1. The van der Waals surface area contributed by atoms with Crippen LogP contribution in [0, 0.1) is 10.6 Å². The second kappa shape index (κ2) is 3.63. The summed E-state index contributed by atoms with van der Waals surface area (Å²) in [6.07, 6.45) is 0. The van der Waals surface area contributed by atoms with Gasteiger partial charge in [0.05, 0.1) is 5.69 Å². The van der Waals surface area contributed by atoms with Crippen molar-refractivity contribution in [2.75, 3.05) is 5.73 Å². The summed E-state index contributed by atoms with van der Waals surface area (Å²) < 4.78 is 14.8. The van der Waals surface area contributed by atoms with Gasteiger partial charge in [0.25, 0.3) is 0 Å². The van der Waals surface area contributed by atoms with Crippen LogP contribution in [-0.4, -0.2) is 14.8 Å². The maximum absolute atomic E-state index is 13.1. The highest BCUT2D eigenvalue weighted by Gasteiger charge is 2.06. The van der Waals surface area contributed by atoms with Crippen molar-refractivity contribution in [1.29, 1.82) is 0 Å². The minimum Gasteiger partial charge on any atom is -0.368 e. The summed E-state index contributed by atoms with van der Waals surface area (Å²) in [4.78, 5) is 0. The van der Waals surface area contributed by atoms with Crippen molar-refractivity contribution in [1.82, 2.24) is 14.8 Å². The van der Waals surface area contributed by atoms with Crippen molar-refractivity contribution < 1.29 is 4.39 Å². The highest BCUT2D eigenvalue weighted by atomic mass is 35.5. The van der Waals surface area contributed by atoms with E-state index in [0.29, 0.717) is 5.69 Å². The molecule has 15 heavy (non-hydrogen) atoms. The van der Waals surface area contributed by atoms with E-state index < -0.39 is 5.82 Å². The second-order valence-corrected chi connectivity index (χ2v) is 3.67. The molecule has 0 amide bonds. The molecule has 2 aromatic rings. The maximum atomic E-state index is 13.1. The Morgan fingerprint density at radius 3 is 2.73 bits per heavy atom. The van der Waals surface area contributed by atoms with Crippen molar-refractivity contribution in [2.24, 2.45) is 0 Å². The molecule has 0 aliphatic rings. The Balaban J connectivity index is 2.69. The lowest BCUT2D eigenvalue weighted by atomic mass is 10.3. The number of nitrogens with zero attached hydrogens (tertiary/aromatic N) is 2. The van der Waals surface area contributed by atoms with Gasteiger partial charge in [-0.1, -0.05) is 11.6 Å². The standard InChI is InChI=1S/C8H6ClFN4S/c9-4-1-5(10)3-6(2-4)14-7(11)12-13-8(14)15/h1-3H,(H2,11,12)(H,13,15). The minimum atomic E-state index is -0.458. The molecule has 0 saturated heterocycles. The third-order valence-corrected chi connectivity index (χ3v) is 2.30. The molecule has 0 aliphatic carbocycles. The Morgan fingerprint density at radius 2 is 2.20 bits per heavy atom.